The Morgan fingerprint density at radius 3 is 2.31 bits per heavy atom. The van der Waals surface area contributed by atoms with Gasteiger partial charge < -0.3 is 0 Å². The van der Waals surface area contributed by atoms with E-state index >= 15 is 0 Å². The van der Waals surface area contributed by atoms with E-state index in [0.29, 0.717) is 5.92 Å². The van der Waals surface area contributed by atoms with Crippen LogP contribution in [0.3, 0.4) is 0 Å². The molecule has 1 aliphatic heterocycles. The topological polar surface area (TPSA) is 3.24 Å². The number of hydrogen-bond donors (Lipinski definition) is 0. The van der Waals surface area contributed by atoms with E-state index in [1.165, 1.54) is 0 Å². The largest absolute Gasteiger partial charge is 0.297 e. The molecule has 1 nitrogen and oxygen atoms in total. The van der Waals surface area contributed by atoms with Crippen molar-refractivity contribution in [2.24, 2.45) is 5.92 Å². The molecule has 1 rings (SSSR count). The van der Waals surface area contributed by atoms with Crippen LogP contribution >= 0.6 is 0 Å². The lowest BCUT2D eigenvalue weighted by Gasteiger charge is -2.32. The standard InChI is InChI=1S/C10H18F2N/c1-3-9-4-6-13(7-5-9)8-10(2,11)12/h9H,1,3-8H2,2H3. The van der Waals surface area contributed by atoms with E-state index in [1.807, 2.05) is 4.90 Å². The fourth-order valence-corrected chi connectivity index (χ4v) is 1.83. The van der Waals surface area contributed by atoms with Crippen LogP contribution in [0.4, 0.5) is 8.78 Å². The molecule has 0 bridgehead atoms. The summed E-state index contributed by atoms with van der Waals surface area (Å²) in [7, 11) is 0. The van der Waals surface area contributed by atoms with Gasteiger partial charge in [-0.2, -0.15) is 0 Å². The van der Waals surface area contributed by atoms with Crippen molar-refractivity contribution >= 4 is 0 Å². The zero-order valence-corrected chi connectivity index (χ0v) is 8.23. The van der Waals surface area contributed by atoms with Crippen LogP contribution in [0.1, 0.15) is 26.2 Å². The summed E-state index contributed by atoms with van der Waals surface area (Å²) < 4.78 is 25.3. The van der Waals surface area contributed by atoms with Crippen LogP contribution in [-0.2, 0) is 0 Å². The summed E-state index contributed by atoms with van der Waals surface area (Å²) in [6.45, 7) is 6.36. The lowest BCUT2D eigenvalue weighted by atomic mass is 9.94. The maximum Gasteiger partial charge on any atom is 0.257 e. The fourth-order valence-electron chi connectivity index (χ4n) is 1.83. The van der Waals surface area contributed by atoms with Crippen LogP contribution in [0.25, 0.3) is 0 Å². The lowest BCUT2D eigenvalue weighted by molar-refractivity contribution is -0.0221. The predicted octanol–water partition coefficient (Wildman–Crippen LogP) is 2.58. The molecule has 0 unspecified atom stereocenters. The molecule has 0 aliphatic carbocycles. The molecule has 0 saturated carbocycles. The first-order chi connectivity index (χ1) is 6.01. The number of likely N-dealkylation sites (tertiary alicyclic amines) is 1. The molecule has 77 valence electrons. The van der Waals surface area contributed by atoms with Crippen molar-refractivity contribution < 1.29 is 8.78 Å². The minimum atomic E-state index is -2.54. The number of rotatable bonds is 3. The van der Waals surface area contributed by atoms with Gasteiger partial charge in [-0.1, -0.05) is 13.3 Å². The van der Waals surface area contributed by atoms with Gasteiger partial charge in [0.25, 0.3) is 5.92 Å². The first kappa shape index (κ1) is 10.9. The fraction of sp³-hybridized carbons (Fsp3) is 0.900. The zero-order valence-electron chi connectivity index (χ0n) is 8.23. The van der Waals surface area contributed by atoms with Gasteiger partial charge in [-0.3, -0.25) is 4.90 Å². The highest BCUT2D eigenvalue weighted by Crippen LogP contribution is 2.22. The quantitative estimate of drug-likeness (QED) is 0.661. The van der Waals surface area contributed by atoms with Crippen molar-refractivity contribution in [3.63, 3.8) is 0 Å². The number of nitrogens with zero attached hydrogens (tertiary/aromatic N) is 1. The molecule has 3 heteroatoms. The van der Waals surface area contributed by atoms with Crippen LogP contribution in [0.15, 0.2) is 0 Å². The molecule has 0 spiro atoms. The van der Waals surface area contributed by atoms with Crippen molar-refractivity contribution in [1.82, 2.24) is 4.90 Å². The van der Waals surface area contributed by atoms with Gasteiger partial charge in [0.1, 0.15) is 0 Å². The van der Waals surface area contributed by atoms with Crippen LogP contribution in [0.5, 0.6) is 0 Å². The van der Waals surface area contributed by atoms with Gasteiger partial charge in [-0.25, -0.2) is 8.78 Å². The second-order valence-electron chi connectivity index (χ2n) is 4.08. The molecule has 0 atom stereocenters. The van der Waals surface area contributed by atoms with E-state index in [1.54, 1.807) is 0 Å². The first-order valence-electron chi connectivity index (χ1n) is 4.90. The Labute approximate surface area is 79.1 Å². The highest BCUT2D eigenvalue weighted by Gasteiger charge is 2.27. The van der Waals surface area contributed by atoms with E-state index in [0.717, 1.165) is 39.3 Å². The van der Waals surface area contributed by atoms with E-state index in [-0.39, 0.29) is 6.54 Å². The van der Waals surface area contributed by atoms with Crippen LogP contribution in [0, 0.1) is 12.8 Å². The minimum Gasteiger partial charge on any atom is -0.297 e. The second-order valence-corrected chi connectivity index (χ2v) is 4.08. The van der Waals surface area contributed by atoms with Gasteiger partial charge >= 0.3 is 0 Å². The molecule has 1 aliphatic rings. The molecule has 0 aromatic heterocycles. The number of halogens is 2. The minimum absolute atomic E-state index is 0.0864. The highest BCUT2D eigenvalue weighted by atomic mass is 19.3. The van der Waals surface area contributed by atoms with Crippen LogP contribution < -0.4 is 0 Å². The average Bonchev–Trinajstić information content (AvgIpc) is 2.03. The average molecular weight is 190 g/mol. The molecule has 1 fully saturated rings. The Morgan fingerprint density at radius 2 is 1.92 bits per heavy atom. The summed E-state index contributed by atoms with van der Waals surface area (Å²) in [6.07, 6.45) is 3.00. The van der Waals surface area contributed by atoms with Gasteiger partial charge in [0.15, 0.2) is 0 Å². The first-order valence-corrected chi connectivity index (χ1v) is 4.90. The maximum absolute atomic E-state index is 12.6. The predicted molar refractivity (Wildman–Crippen MR) is 49.8 cm³/mol. The van der Waals surface area contributed by atoms with E-state index in [4.69, 9.17) is 0 Å². The van der Waals surface area contributed by atoms with Crippen molar-refractivity contribution in [3.05, 3.63) is 6.92 Å². The summed E-state index contributed by atoms with van der Waals surface area (Å²) >= 11 is 0. The summed E-state index contributed by atoms with van der Waals surface area (Å²) in [5.41, 5.74) is 0. The Kier molecular flexibility index (Phi) is 3.65. The number of piperidine rings is 1. The molecule has 1 radical (unpaired) electrons. The Bertz CT molecular complexity index is 145. The van der Waals surface area contributed by atoms with E-state index < -0.39 is 5.92 Å². The van der Waals surface area contributed by atoms with E-state index in [9.17, 15) is 8.78 Å². The summed E-state index contributed by atoms with van der Waals surface area (Å²) in [6, 6.07) is 0. The molecule has 0 amide bonds. The van der Waals surface area contributed by atoms with E-state index in [2.05, 4.69) is 6.92 Å². The maximum atomic E-state index is 12.6. The third kappa shape index (κ3) is 4.03. The molecule has 0 aromatic rings. The van der Waals surface area contributed by atoms with Crippen molar-refractivity contribution in [3.8, 4) is 0 Å². The van der Waals surface area contributed by atoms with Crippen molar-refractivity contribution in [1.29, 1.82) is 0 Å². The zero-order chi connectivity index (χ0) is 9.90. The van der Waals surface area contributed by atoms with Gasteiger partial charge in [0.05, 0.1) is 6.54 Å². The monoisotopic (exact) mass is 190 g/mol. The third-order valence-corrected chi connectivity index (χ3v) is 2.62. The number of alkyl halides is 2. The Balaban J connectivity index is 2.25. The SMILES string of the molecule is [CH2]CC1CCN(CC(C)(F)F)CC1. The summed E-state index contributed by atoms with van der Waals surface area (Å²) in [5, 5.41) is 0. The van der Waals surface area contributed by atoms with Crippen molar-refractivity contribution in [2.75, 3.05) is 19.6 Å². The van der Waals surface area contributed by atoms with Crippen LogP contribution in [-0.4, -0.2) is 30.5 Å². The summed E-state index contributed by atoms with van der Waals surface area (Å²) in [4.78, 5) is 1.85. The second kappa shape index (κ2) is 4.36. The smallest absolute Gasteiger partial charge is 0.257 e. The molecule has 0 N–H and O–H groups in total. The highest BCUT2D eigenvalue weighted by molar-refractivity contribution is 4.75. The lowest BCUT2D eigenvalue weighted by Crippen LogP contribution is -2.40. The third-order valence-electron chi connectivity index (χ3n) is 2.62. The molecule has 13 heavy (non-hydrogen) atoms. The molecular formula is C10H18F2N. The molecular weight excluding hydrogens is 172 g/mol. The summed E-state index contributed by atoms with van der Waals surface area (Å²) in [5.74, 6) is -1.89. The number of hydrogen-bond acceptors (Lipinski definition) is 1. The molecule has 1 saturated heterocycles. The van der Waals surface area contributed by atoms with Crippen molar-refractivity contribution in [2.45, 2.75) is 32.1 Å². The Morgan fingerprint density at radius 1 is 1.38 bits per heavy atom. The van der Waals surface area contributed by atoms with Gasteiger partial charge in [-0.15, -0.1) is 0 Å². The molecule has 1 heterocycles. The van der Waals surface area contributed by atoms with Crippen LogP contribution in [0.2, 0.25) is 0 Å². The van der Waals surface area contributed by atoms with Gasteiger partial charge in [-0.05, 0) is 31.8 Å². The van der Waals surface area contributed by atoms with Gasteiger partial charge in [0, 0.05) is 6.92 Å². The van der Waals surface area contributed by atoms with Gasteiger partial charge in [0.2, 0.25) is 0 Å². The molecule has 0 aromatic carbocycles. The normalized spacial score (nSPS) is 22.2. The Hall–Kier alpha value is -0.180.